The van der Waals surface area contributed by atoms with Crippen molar-refractivity contribution in [3.05, 3.63) is 66.4 Å². The number of hydrogen-bond donors (Lipinski definition) is 2. The van der Waals surface area contributed by atoms with Crippen molar-refractivity contribution in [3.8, 4) is 17.0 Å². The van der Waals surface area contributed by atoms with Gasteiger partial charge < -0.3 is 15.0 Å². The average Bonchev–Trinajstić information content (AvgIpc) is 3.14. The molecule has 6 nitrogen and oxygen atoms in total. The highest BCUT2D eigenvalue weighted by Crippen LogP contribution is 2.21. The van der Waals surface area contributed by atoms with Gasteiger partial charge in [-0.3, -0.25) is 9.78 Å². The van der Waals surface area contributed by atoms with Crippen molar-refractivity contribution < 1.29 is 9.90 Å². The van der Waals surface area contributed by atoms with Crippen LogP contribution >= 0.6 is 0 Å². The molecule has 0 fully saturated rings. The number of benzene rings is 1. The van der Waals surface area contributed by atoms with Crippen molar-refractivity contribution in [2.75, 3.05) is 6.54 Å². The molecule has 2 heterocycles. The summed E-state index contributed by atoms with van der Waals surface area (Å²) in [6.07, 6.45) is 6.17. The normalized spacial score (nSPS) is 10.9. The molecule has 0 bridgehead atoms. The van der Waals surface area contributed by atoms with Gasteiger partial charge in [-0.05, 0) is 30.7 Å². The zero-order valence-corrected chi connectivity index (χ0v) is 15.6. The van der Waals surface area contributed by atoms with Crippen LogP contribution in [0, 0.1) is 0 Å². The molecule has 0 radical (unpaired) electrons. The molecule has 1 aromatic carbocycles. The number of pyridine rings is 1. The molecule has 0 atom stereocenters. The third-order valence-corrected chi connectivity index (χ3v) is 4.29. The number of nitrogens with zero attached hydrogens (tertiary/aromatic N) is 3. The molecule has 1 amide bonds. The highest BCUT2D eigenvalue weighted by molar-refractivity contribution is 5.94. The van der Waals surface area contributed by atoms with Crippen molar-refractivity contribution in [1.82, 2.24) is 19.9 Å². The first kappa shape index (κ1) is 18.6. The Morgan fingerprint density at radius 2 is 2.07 bits per heavy atom. The first-order valence-corrected chi connectivity index (χ1v) is 9.09. The van der Waals surface area contributed by atoms with E-state index >= 15 is 0 Å². The monoisotopic (exact) mass is 364 g/mol. The number of carbonyl (C=O) groups is 1. The molecule has 0 saturated heterocycles. The lowest BCUT2D eigenvalue weighted by Crippen LogP contribution is -2.25. The lowest BCUT2D eigenvalue weighted by Gasteiger charge is -2.11. The Morgan fingerprint density at radius 3 is 2.78 bits per heavy atom. The number of amides is 1. The average molecular weight is 364 g/mol. The van der Waals surface area contributed by atoms with Gasteiger partial charge in [-0.15, -0.1) is 0 Å². The second-order valence-electron chi connectivity index (χ2n) is 6.73. The van der Waals surface area contributed by atoms with Crippen molar-refractivity contribution >= 4 is 5.91 Å². The first-order chi connectivity index (χ1) is 13.0. The highest BCUT2D eigenvalue weighted by atomic mass is 16.3. The van der Waals surface area contributed by atoms with Gasteiger partial charge in [-0.25, -0.2) is 4.98 Å². The van der Waals surface area contributed by atoms with Gasteiger partial charge >= 0.3 is 0 Å². The Kier molecular flexibility index (Phi) is 5.86. The largest absolute Gasteiger partial charge is 0.508 e. The predicted molar refractivity (Wildman–Crippen MR) is 105 cm³/mol. The lowest BCUT2D eigenvalue weighted by atomic mass is 10.1. The molecule has 0 saturated carbocycles. The lowest BCUT2D eigenvalue weighted by molar-refractivity contribution is 0.0952. The summed E-state index contributed by atoms with van der Waals surface area (Å²) in [5.41, 5.74) is 2.04. The molecule has 6 heteroatoms. The Bertz CT molecular complexity index is 901. The maximum Gasteiger partial charge on any atom is 0.252 e. The quantitative estimate of drug-likeness (QED) is 0.628. The van der Waals surface area contributed by atoms with Gasteiger partial charge in [0.2, 0.25) is 0 Å². The van der Waals surface area contributed by atoms with Crippen LogP contribution in [0.3, 0.4) is 0 Å². The molecule has 0 aliphatic carbocycles. The van der Waals surface area contributed by atoms with Crippen molar-refractivity contribution in [1.29, 1.82) is 0 Å². The molecule has 0 aliphatic heterocycles. The van der Waals surface area contributed by atoms with Crippen LogP contribution in [0.2, 0.25) is 0 Å². The number of aromatic hydroxyl groups is 1. The third-order valence-electron chi connectivity index (χ3n) is 4.29. The molecule has 0 spiro atoms. The summed E-state index contributed by atoms with van der Waals surface area (Å²) in [5.74, 6) is 1.49. The number of aryl methyl sites for hydroxylation is 1. The van der Waals surface area contributed by atoms with E-state index in [1.54, 1.807) is 36.5 Å². The Labute approximate surface area is 158 Å². The zero-order chi connectivity index (χ0) is 19.2. The number of rotatable bonds is 7. The molecule has 140 valence electrons. The maximum atomic E-state index is 12.3. The minimum Gasteiger partial charge on any atom is -0.508 e. The maximum absolute atomic E-state index is 12.3. The van der Waals surface area contributed by atoms with E-state index in [2.05, 4.69) is 33.7 Å². The van der Waals surface area contributed by atoms with E-state index in [-0.39, 0.29) is 11.7 Å². The standard InChI is InChI=1S/C21H24N4O2/c1-15(2)20-22-10-12-25(20)11-4-9-23-21(27)17-7-8-19(24-14-17)16-5-3-6-18(26)13-16/h3,5-8,10,12-15,26H,4,9,11H2,1-2H3,(H,23,27). The minimum absolute atomic E-state index is 0.139. The van der Waals surface area contributed by atoms with E-state index in [0.29, 0.717) is 23.7 Å². The van der Waals surface area contributed by atoms with Gasteiger partial charge in [0, 0.05) is 43.2 Å². The minimum atomic E-state index is -0.139. The second kappa shape index (κ2) is 8.49. The number of phenols is 1. The van der Waals surface area contributed by atoms with E-state index in [1.807, 2.05) is 18.5 Å². The van der Waals surface area contributed by atoms with E-state index in [1.165, 1.54) is 0 Å². The van der Waals surface area contributed by atoms with Crippen LogP contribution in [-0.2, 0) is 6.54 Å². The topological polar surface area (TPSA) is 80.0 Å². The van der Waals surface area contributed by atoms with E-state index in [9.17, 15) is 9.90 Å². The summed E-state index contributed by atoms with van der Waals surface area (Å²) < 4.78 is 2.13. The summed E-state index contributed by atoms with van der Waals surface area (Å²) >= 11 is 0. The summed E-state index contributed by atoms with van der Waals surface area (Å²) in [5, 5.41) is 12.5. The fraction of sp³-hybridized carbons (Fsp3) is 0.286. The van der Waals surface area contributed by atoms with E-state index in [4.69, 9.17) is 0 Å². The van der Waals surface area contributed by atoms with Crippen LogP contribution in [-0.4, -0.2) is 32.1 Å². The number of nitrogens with one attached hydrogen (secondary N) is 1. The van der Waals surface area contributed by atoms with Crippen LogP contribution in [0.5, 0.6) is 5.75 Å². The zero-order valence-electron chi connectivity index (χ0n) is 15.6. The predicted octanol–water partition coefficient (Wildman–Crippen LogP) is 3.59. The van der Waals surface area contributed by atoms with Crippen molar-refractivity contribution in [2.45, 2.75) is 32.7 Å². The SMILES string of the molecule is CC(C)c1nccn1CCCNC(=O)c1ccc(-c2cccc(O)c2)nc1. The summed E-state index contributed by atoms with van der Waals surface area (Å²) in [7, 11) is 0. The van der Waals surface area contributed by atoms with Gasteiger partial charge in [-0.2, -0.15) is 0 Å². The summed E-state index contributed by atoms with van der Waals surface area (Å²) in [4.78, 5) is 21.0. The Morgan fingerprint density at radius 1 is 1.22 bits per heavy atom. The Balaban J connectivity index is 1.52. The van der Waals surface area contributed by atoms with Crippen LogP contribution in [0.25, 0.3) is 11.3 Å². The summed E-state index contributed by atoms with van der Waals surface area (Å²) in [6, 6.07) is 10.4. The molecule has 0 aliphatic rings. The number of phenolic OH excluding ortho intramolecular Hbond substituents is 1. The fourth-order valence-corrected chi connectivity index (χ4v) is 2.93. The van der Waals surface area contributed by atoms with Gasteiger partial charge in [0.05, 0.1) is 11.3 Å². The molecule has 27 heavy (non-hydrogen) atoms. The smallest absolute Gasteiger partial charge is 0.252 e. The Hall–Kier alpha value is -3.15. The molecule has 0 unspecified atom stereocenters. The van der Waals surface area contributed by atoms with E-state index in [0.717, 1.165) is 24.4 Å². The molecule has 3 rings (SSSR count). The number of carbonyl (C=O) groups excluding carboxylic acids is 1. The van der Waals surface area contributed by atoms with Crippen LogP contribution in [0.15, 0.2) is 55.0 Å². The fourth-order valence-electron chi connectivity index (χ4n) is 2.93. The van der Waals surface area contributed by atoms with Gasteiger partial charge in [0.15, 0.2) is 0 Å². The van der Waals surface area contributed by atoms with E-state index < -0.39 is 0 Å². The van der Waals surface area contributed by atoms with Gasteiger partial charge in [0.25, 0.3) is 5.91 Å². The van der Waals surface area contributed by atoms with Crippen LogP contribution in [0.1, 0.15) is 42.4 Å². The molecule has 3 aromatic rings. The van der Waals surface area contributed by atoms with Gasteiger partial charge in [0.1, 0.15) is 11.6 Å². The van der Waals surface area contributed by atoms with Crippen molar-refractivity contribution in [2.24, 2.45) is 0 Å². The first-order valence-electron chi connectivity index (χ1n) is 9.09. The third kappa shape index (κ3) is 4.73. The molecular formula is C21H24N4O2. The van der Waals surface area contributed by atoms with Crippen LogP contribution < -0.4 is 5.32 Å². The molecule has 2 aromatic heterocycles. The highest BCUT2D eigenvalue weighted by Gasteiger charge is 2.09. The molecular weight excluding hydrogens is 340 g/mol. The summed E-state index contributed by atoms with van der Waals surface area (Å²) in [6.45, 7) is 5.65. The van der Waals surface area contributed by atoms with Crippen LogP contribution in [0.4, 0.5) is 0 Å². The number of aromatic nitrogens is 3. The van der Waals surface area contributed by atoms with Crippen molar-refractivity contribution in [3.63, 3.8) is 0 Å². The number of hydrogen-bond acceptors (Lipinski definition) is 4. The second-order valence-corrected chi connectivity index (χ2v) is 6.73. The molecule has 2 N–H and O–H groups in total. The van der Waals surface area contributed by atoms with Gasteiger partial charge in [-0.1, -0.05) is 26.0 Å². The number of imidazole rings is 1.